The summed E-state index contributed by atoms with van der Waals surface area (Å²) in [6, 6.07) is 14.2. The number of nitrogens with one attached hydrogen (secondary N) is 2. The first-order valence-corrected chi connectivity index (χ1v) is 10.3. The molecular weight excluding hydrogens is 362 g/mol. The molecule has 1 fully saturated rings. The average Bonchev–Trinajstić information content (AvgIpc) is 3.31. The second-order valence-corrected chi connectivity index (χ2v) is 7.80. The third-order valence-electron chi connectivity index (χ3n) is 5.90. The Morgan fingerprint density at radius 1 is 1.17 bits per heavy atom. The summed E-state index contributed by atoms with van der Waals surface area (Å²) in [6.07, 6.45) is 3.94. The number of hydrogen-bond donors (Lipinski definition) is 2. The molecule has 2 N–H and O–H groups in total. The van der Waals surface area contributed by atoms with Gasteiger partial charge in [0.15, 0.2) is 0 Å². The fourth-order valence-electron chi connectivity index (χ4n) is 4.19. The van der Waals surface area contributed by atoms with Crippen LogP contribution in [-0.4, -0.2) is 34.8 Å². The van der Waals surface area contributed by atoms with Gasteiger partial charge in [-0.15, -0.1) is 0 Å². The summed E-state index contributed by atoms with van der Waals surface area (Å²) in [4.78, 5) is 30.4. The van der Waals surface area contributed by atoms with Crippen molar-refractivity contribution in [2.75, 3.05) is 18.4 Å². The number of amides is 2. The highest BCUT2D eigenvalue weighted by molar-refractivity contribution is 5.98. The van der Waals surface area contributed by atoms with Crippen molar-refractivity contribution in [3.8, 4) is 0 Å². The molecule has 2 aromatic carbocycles. The molecular formula is C24H27N3O2. The van der Waals surface area contributed by atoms with Gasteiger partial charge < -0.3 is 15.2 Å². The number of carbonyl (C=O) groups excluding carboxylic acids is 2. The Morgan fingerprint density at radius 2 is 2.00 bits per heavy atom. The van der Waals surface area contributed by atoms with Crippen LogP contribution in [0.5, 0.6) is 0 Å². The molecule has 0 bridgehead atoms. The predicted octanol–water partition coefficient (Wildman–Crippen LogP) is 4.07. The second kappa shape index (κ2) is 8.11. The molecule has 1 aromatic heterocycles. The fourth-order valence-corrected chi connectivity index (χ4v) is 4.19. The zero-order chi connectivity index (χ0) is 20.4. The minimum absolute atomic E-state index is 0.0584. The summed E-state index contributed by atoms with van der Waals surface area (Å²) in [7, 11) is 0. The largest absolute Gasteiger partial charge is 0.361 e. The Hall–Kier alpha value is -3.08. The van der Waals surface area contributed by atoms with Gasteiger partial charge in [-0.1, -0.05) is 43.3 Å². The van der Waals surface area contributed by atoms with Crippen molar-refractivity contribution in [2.24, 2.45) is 5.92 Å². The number of rotatable bonds is 6. The Labute approximate surface area is 171 Å². The van der Waals surface area contributed by atoms with E-state index in [1.165, 1.54) is 10.9 Å². The maximum atomic E-state index is 12.8. The summed E-state index contributed by atoms with van der Waals surface area (Å²) in [5.74, 6) is -0.294. The lowest BCUT2D eigenvalue weighted by Crippen LogP contribution is -2.30. The van der Waals surface area contributed by atoms with E-state index in [-0.39, 0.29) is 24.2 Å². The first kappa shape index (κ1) is 19.2. The lowest BCUT2D eigenvalue weighted by Gasteiger charge is -2.18. The monoisotopic (exact) mass is 389 g/mol. The Kier molecular flexibility index (Phi) is 5.38. The van der Waals surface area contributed by atoms with Gasteiger partial charge in [-0.2, -0.15) is 0 Å². The standard InChI is InChI=1S/C24H27N3O2/c1-3-17-8-6-7-16(2)23(17)26-24(29)19-13-22(28)27(15-19)12-11-18-14-25-21-10-5-4-9-20(18)21/h4-10,14,19,25H,3,11-13,15H2,1-2H3,(H,26,29). The van der Waals surface area contributed by atoms with E-state index in [9.17, 15) is 9.59 Å². The van der Waals surface area contributed by atoms with E-state index in [1.54, 1.807) is 0 Å². The molecule has 0 spiro atoms. The summed E-state index contributed by atoms with van der Waals surface area (Å²) >= 11 is 0. The van der Waals surface area contributed by atoms with Crippen molar-refractivity contribution in [1.29, 1.82) is 0 Å². The van der Waals surface area contributed by atoms with E-state index in [0.29, 0.717) is 13.1 Å². The topological polar surface area (TPSA) is 65.2 Å². The molecule has 1 unspecified atom stereocenters. The SMILES string of the molecule is CCc1cccc(C)c1NC(=O)C1CC(=O)N(CCc2c[nH]c3ccccc23)C1. The van der Waals surface area contributed by atoms with Crippen LogP contribution in [0.3, 0.4) is 0 Å². The van der Waals surface area contributed by atoms with Crippen LogP contribution in [0.1, 0.15) is 30.0 Å². The summed E-state index contributed by atoms with van der Waals surface area (Å²) < 4.78 is 0. The van der Waals surface area contributed by atoms with Crippen molar-refractivity contribution in [3.05, 3.63) is 65.4 Å². The molecule has 1 aliphatic rings. The summed E-state index contributed by atoms with van der Waals surface area (Å²) in [6.45, 7) is 5.20. The van der Waals surface area contributed by atoms with Gasteiger partial charge >= 0.3 is 0 Å². The van der Waals surface area contributed by atoms with Crippen LogP contribution in [0, 0.1) is 12.8 Å². The summed E-state index contributed by atoms with van der Waals surface area (Å²) in [5, 5.41) is 4.28. The first-order chi connectivity index (χ1) is 14.1. The van der Waals surface area contributed by atoms with Crippen LogP contribution in [-0.2, 0) is 22.4 Å². The van der Waals surface area contributed by atoms with Crippen molar-refractivity contribution >= 4 is 28.4 Å². The molecule has 5 heteroatoms. The van der Waals surface area contributed by atoms with Crippen LogP contribution >= 0.6 is 0 Å². The molecule has 1 aliphatic heterocycles. The maximum absolute atomic E-state index is 12.8. The van der Waals surface area contributed by atoms with Gasteiger partial charge in [-0.05, 0) is 42.5 Å². The Bertz CT molecular complexity index is 1050. The van der Waals surface area contributed by atoms with Gasteiger partial charge in [0.25, 0.3) is 0 Å². The molecule has 2 amide bonds. The van der Waals surface area contributed by atoms with Gasteiger partial charge in [-0.3, -0.25) is 9.59 Å². The second-order valence-electron chi connectivity index (χ2n) is 7.80. The van der Waals surface area contributed by atoms with Crippen LogP contribution in [0.4, 0.5) is 5.69 Å². The molecule has 3 aromatic rings. The molecule has 0 saturated carbocycles. The molecule has 0 aliphatic carbocycles. The zero-order valence-corrected chi connectivity index (χ0v) is 17.0. The Balaban J connectivity index is 1.39. The normalized spacial score (nSPS) is 16.6. The van der Waals surface area contributed by atoms with E-state index in [0.717, 1.165) is 35.2 Å². The molecule has 2 heterocycles. The van der Waals surface area contributed by atoms with E-state index in [4.69, 9.17) is 0 Å². The van der Waals surface area contributed by atoms with Gasteiger partial charge in [0.1, 0.15) is 0 Å². The van der Waals surface area contributed by atoms with E-state index >= 15 is 0 Å². The number of H-pyrrole nitrogens is 1. The minimum atomic E-state index is -0.296. The smallest absolute Gasteiger partial charge is 0.229 e. The highest BCUT2D eigenvalue weighted by atomic mass is 16.2. The number of aryl methyl sites for hydroxylation is 2. The number of benzene rings is 2. The van der Waals surface area contributed by atoms with Crippen LogP contribution in [0.15, 0.2) is 48.7 Å². The maximum Gasteiger partial charge on any atom is 0.229 e. The highest BCUT2D eigenvalue weighted by Gasteiger charge is 2.34. The lowest BCUT2D eigenvalue weighted by molar-refractivity contribution is -0.128. The average molecular weight is 389 g/mol. The fraction of sp³-hybridized carbons (Fsp3) is 0.333. The number of anilines is 1. The number of likely N-dealkylation sites (tertiary alicyclic amines) is 1. The number of aromatic amines is 1. The van der Waals surface area contributed by atoms with Crippen molar-refractivity contribution in [2.45, 2.75) is 33.1 Å². The number of para-hydroxylation sites is 2. The predicted molar refractivity (Wildman–Crippen MR) is 116 cm³/mol. The van der Waals surface area contributed by atoms with Gasteiger partial charge in [0.2, 0.25) is 11.8 Å². The zero-order valence-electron chi connectivity index (χ0n) is 17.0. The van der Waals surface area contributed by atoms with Gasteiger partial charge in [-0.25, -0.2) is 0 Å². The number of aromatic nitrogens is 1. The third-order valence-corrected chi connectivity index (χ3v) is 5.90. The van der Waals surface area contributed by atoms with E-state index in [2.05, 4.69) is 29.4 Å². The van der Waals surface area contributed by atoms with Crippen molar-refractivity contribution < 1.29 is 9.59 Å². The quantitative estimate of drug-likeness (QED) is 0.667. The van der Waals surface area contributed by atoms with Crippen LogP contribution in [0.25, 0.3) is 10.9 Å². The third kappa shape index (κ3) is 3.90. The van der Waals surface area contributed by atoms with Crippen molar-refractivity contribution in [3.63, 3.8) is 0 Å². The van der Waals surface area contributed by atoms with Gasteiger partial charge in [0, 0.05) is 42.3 Å². The number of fused-ring (bicyclic) bond motifs is 1. The molecule has 1 saturated heterocycles. The van der Waals surface area contributed by atoms with E-state index < -0.39 is 0 Å². The van der Waals surface area contributed by atoms with Gasteiger partial charge in [0.05, 0.1) is 5.92 Å². The molecule has 1 atom stereocenters. The molecule has 4 rings (SSSR count). The number of hydrogen-bond acceptors (Lipinski definition) is 2. The number of nitrogens with zero attached hydrogens (tertiary/aromatic N) is 1. The molecule has 150 valence electrons. The van der Waals surface area contributed by atoms with Crippen LogP contribution in [0.2, 0.25) is 0 Å². The van der Waals surface area contributed by atoms with Crippen LogP contribution < -0.4 is 5.32 Å². The lowest BCUT2D eigenvalue weighted by atomic mass is 10.0. The minimum Gasteiger partial charge on any atom is -0.361 e. The van der Waals surface area contributed by atoms with E-state index in [1.807, 2.05) is 48.4 Å². The molecule has 0 radical (unpaired) electrons. The van der Waals surface area contributed by atoms with Crippen molar-refractivity contribution in [1.82, 2.24) is 9.88 Å². The number of carbonyl (C=O) groups is 2. The Morgan fingerprint density at radius 3 is 2.83 bits per heavy atom. The first-order valence-electron chi connectivity index (χ1n) is 10.3. The molecule has 29 heavy (non-hydrogen) atoms. The highest BCUT2D eigenvalue weighted by Crippen LogP contribution is 2.25. The molecule has 5 nitrogen and oxygen atoms in total. The summed E-state index contributed by atoms with van der Waals surface area (Å²) in [5.41, 5.74) is 5.38.